The Morgan fingerprint density at radius 1 is 0.913 bits per heavy atom. The van der Waals surface area contributed by atoms with E-state index in [1.165, 1.54) is 30.5 Å². The number of benzene rings is 1. The summed E-state index contributed by atoms with van der Waals surface area (Å²) in [6.07, 6.45) is 3.11. The number of rotatable bonds is 4. The lowest BCUT2D eigenvalue weighted by atomic mass is 10.0. The molecule has 1 aliphatic rings. The number of pyridine rings is 1. The highest BCUT2D eigenvalue weighted by Gasteiger charge is 2.56. The van der Waals surface area contributed by atoms with Gasteiger partial charge in [-0.15, -0.1) is 0 Å². The standard InChI is InChI=1S/C16H13F2N3O2/c17-10-1-3-12(4-2-10)20-14(22)16(5-6-16)15(23)21-13-7-11(18)8-19-9-13/h1-4,7-9H,5-6H2,(H,20,22)(H,21,23). The van der Waals surface area contributed by atoms with E-state index in [-0.39, 0.29) is 5.69 Å². The molecule has 7 heteroatoms. The van der Waals surface area contributed by atoms with Crippen molar-refractivity contribution in [1.29, 1.82) is 0 Å². The summed E-state index contributed by atoms with van der Waals surface area (Å²) in [6.45, 7) is 0. The molecule has 118 valence electrons. The van der Waals surface area contributed by atoms with E-state index in [1.54, 1.807) is 0 Å². The van der Waals surface area contributed by atoms with E-state index < -0.39 is 28.9 Å². The van der Waals surface area contributed by atoms with Crippen molar-refractivity contribution >= 4 is 23.2 Å². The summed E-state index contributed by atoms with van der Waals surface area (Å²) in [5, 5.41) is 5.09. The molecule has 1 aromatic carbocycles. The van der Waals surface area contributed by atoms with Crippen LogP contribution in [-0.2, 0) is 9.59 Å². The summed E-state index contributed by atoms with van der Waals surface area (Å²) in [6, 6.07) is 6.38. The lowest BCUT2D eigenvalue weighted by Gasteiger charge is -2.15. The van der Waals surface area contributed by atoms with Crippen LogP contribution in [0.1, 0.15) is 12.8 Å². The molecule has 5 nitrogen and oxygen atoms in total. The van der Waals surface area contributed by atoms with Gasteiger partial charge in [-0.25, -0.2) is 8.78 Å². The fourth-order valence-electron chi connectivity index (χ4n) is 2.20. The summed E-state index contributed by atoms with van der Waals surface area (Å²) in [4.78, 5) is 28.3. The van der Waals surface area contributed by atoms with E-state index in [9.17, 15) is 18.4 Å². The highest BCUT2D eigenvalue weighted by Crippen LogP contribution is 2.47. The van der Waals surface area contributed by atoms with E-state index in [2.05, 4.69) is 15.6 Å². The van der Waals surface area contributed by atoms with Gasteiger partial charge in [0, 0.05) is 11.8 Å². The van der Waals surface area contributed by atoms with E-state index in [1.807, 2.05) is 0 Å². The van der Waals surface area contributed by atoms with Crippen LogP contribution in [0.2, 0.25) is 0 Å². The minimum Gasteiger partial charge on any atom is -0.325 e. The Labute approximate surface area is 130 Å². The van der Waals surface area contributed by atoms with Gasteiger partial charge in [0.15, 0.2) is 0 Å². The normalized spacial score (nSPS) is 14.9. The molecule has 23 heavy (non-hydrogen) atoms. The number of nitrogens with zero attached hydrogens (tertiary/aromatic N) is 1. The molecule has 3 rings (SSSR count). The third-order valence-corrected chi connectivity index (χ3v) is 3.68. The van der Waals surface area contributed by atoms with E-state index >= 15 is 0 Å². The smallest absolute Gasteiger partial charge is 0.240 e. The molecular formula is C16H13F2N3O2. The lowest BCUT2D eigenvalue weighted by molar-refractivity contribution is -0.131. The number of nitrogens with one attached hydrogen (secondary N) is 2. The zero-order valence-corrected chi connectivity index (χ0v) is 12.0. The summed E-state index contributed by atoms with van der Waals surface area (Å²) >= 11 is 0. The van der Waals surface area contributed by atoms with E-state index in [0.29, 0.717) is 18.5 Å². The van der Waals surface area contributed by atoms with Gasteiger partial charge in [0.05, 0.1) is 18.1 Å². The van der Waals surface area contributed by atoms with Gasteiger partial charge in [0.2, 0.25) is 11.8 Å². The maximum Gasteiger partial charge on any atom is 0.240 e. The van der Waals surface area contributed by atoms with E-state index in [4.69, 9.17) is 0 Å². The van der Waals surface area contributed by atoms with Crippen LogP contribution in [0, 0.1) is 17.0 Å². The summed E-state index contributed by atoms with van der Waals surface area (Å²) in [5.41, 5.74) is -0.584. The maximum atomic E-state index is 13.1. The van der Waals surface area contributed by atoms with Crippen molar-refractivity contribution in [2.45, 2.75) is 12.8 Å². The SMILES string of the molecule is O=C(Nc1ccc(F)cc1)C1(C(=O)Nc2cncc(F)c2)CC1. The molecule has 0 aliphatic heterocycles. The van der Waals surface area contributed by atoms with Gasteiger partial charge in [0.1, 0.15) is 17.0 Å². The van der Waals surface area contributed by atoms with Gasteiger partial charge in [-0.3, -0.25) is 14.6 Å². The van der Waals surface area contributed by atoms with Crippen molar-refractivity contribution in [3.05, 3.63) is 54.4 Å². The van der Waals surface area contributed by atoms with Gasteiger partial charge >= 0.3 is 0 Å². The van der Waals surface area contributed by atoms with Crippen LogP contribution in [0.15, 0.2) is 42.7 Å². The zero-order chi connectivity index (χ0) is 16.4. The molecule has 0 bridgehead atoms. The molecule has 1 aromatic heterocycles. The fourth-order valence-corrected chi connectivity index (χ4v) is 2.20. The molecule has 2 N–H and O–H groups in total. The summed E-state index contributed by atoms with van der Waals surface area (Å²) in [5.74, 6) is -1.97. The van der Waals surface area contributed by atoms with Crippen LogP contribution < -0.4 is 10.6 Å². The number of hydrogen-bond donors (Lipinski definition) is 2. The Kier molecular flexibility index (Phi) is 3.77. The van der Waals surface area contributed by atoms with Crippen molar-refractivity contribution in [3.63, 3.8) is 0 Å². The topological polar surface area (TPSA) is 71.1 Å². The van der Waals surface area contributed by atoms with Crippen LogP contribution in [0.4, 0.5) is 20.2 Å². The third kappa shape index (κ3) is 3.18. The number of carbonyl (C=O) groups is 2. The molecule has 1 saturated carbocycles. The monoisotopic (exact) mass is 317 g/mol. The minimum absolute atomic E-state index is 0.191. The predicted octanol–water partition coefficient (Wildman–Crippen LogP) is 2.72. The second-order valence-electron chi connectivity index (χ2n) is 5.39. The Morgan fingerprint density at radius 2 is 1.52 bits per heavy atom. The highest BCUT2D eigenvalue weighted by atomic mass is 19.1. The molecule has 0 spiro atoms. The fraction of sp³-hybridized carbons (Fsp3) is 0.188. The Bertz CT molecular complexity index is 758. The maximum absolute atomic E-state index is 13.1. The largest absolute Gasteiger partial charge is 0.325 e. The predicted molar refractivity (Wildman–Crippen MR) is 79.5 cm³/mol. The Morgan fingerprint density at radius 3 is 2.09 bits per heavy atom. The van der Waals surface area contributed by atoms with Gasteiger partial charge in [-0.1, -0.05) is 0 Å². The molecule has 2 amide bonds. The van der Waals surface area contributed by atoms with Crippen molar-refractivity contribution in [2.24, 2.45) is 5.41 Å². The highest BCUT2D eigenvalue weighted by molar-refractivity contribution is 6.16. The molecule has 1 aliphatic carbocycles. The molecule has 1 fully saturated rings. The summed E-state index contributed by atoms with van der Waals surface area (Å²) < 4.78 is 25.9. The minimum atomic E-state index is -1.18. The van der Waals surface area contributed by atoms with Crippen LogP contribution >= 0.6 is 0 Å². The second-order valence-corrected chi connectivity index (χ2v) is 5.39. The van der Waals surface area contributed by atoms with Gasteiger partial charge in [-0.05, 0) is 37.1 Å². The van der Waals surface area contributed by atoms with Crippen molar-refractivity contribution in [3.8, 4) is 0 Å². The van der Waals surface area contributed by atoms with Crippen molar-refractivity contribution < 1.29 is 18.4 Å². The molecule has 0 unspecified atom stereocenters. The van der Waals surface area contributed by atoms with Gasteiger partial charge in [-0.2, -0.15) is 0 Å². The summed E-state index contributed by atoms with van der Waals surface area (Å²) in [7, 11) is 0. The van der Waals surface area contributed by atoms with Crippen LogP contribution in [-0.4, -0.2) is 16.8 Å². The quantitative estimate of drug-likeness (QED) is 0.852. The van der Waals surface area contributed by atoms with Crippen LogP contribution in [0.25, 0.3) is 0 Å². The van der Waals surface area contributed by atoms with E-state index in [0.717, 1.165) is 12.3 Å². The average Bonchev–Trinajstić information content (AvgIpc) is 3.31. The molecule has 0 radical (unpaired) electrons. The average molecular weight is 317 g/mol. The molecule has 1 heterocycles. The number of anilines is 2. The van der Waals surface area contributed by atoms with Gasteiger partial charge < -0.3 is 10.6 Å². The zero-order valence-electron chi connectivity index (χ0n) is 12.0. The molecular weight excluding hydrogens is 304 g/mol. The van der Waals surface area contributed by atoms with Crippen LogP contribution in [0.3, 0.4) is 0 Å². The second kappa shape index (κ2) is 5.75. The number of hydrogen-bond acceptors (Lipinski definition) is 3. The van der Waals surface area contributed by atoms with Crippen molar-refractivity contribution in [2.75, 3.05) is 10.6 Å². The Hall–Kier alpha value is -2.83. The third-order valence-electron chi connectivity index (χ3n) is 3.68. The molecule has 2 aromatic rings. The van der Waals surface area contributed by atoms with Crippen LogP contribution in [0.5, 0.6) is 0 Å². The first-order valence-electron chi connectivity index (χ1n) is 6.99. The Balaban J connectivity index is 1.69. The number of carbonyl (C=O) groups excluding carboxylic acids is 2. The number of aromatic nitrogens is 1. The number of amides is 2. The molecule has 0 atom stereocenters. The first-order valence-corrected chi connectivity index (χ1v) is 6.99. The van der Waals surface area contributed by atoms with Gasteiger partial charge in [0.25, 0.3) is 0 Å². The first kappa shape index (κ1) is 15.1. The first-order chi connectivity index (χ1) is 11.0. The lowest BCUT2D eigenvalue weighted by Crippen LogP contribution is -2.35. The number of halogens is 2. The van der Waals surface area contributed by atoms with Crippen molar-refractivity contribution in [1.82, 2.24) is 4.98 Å². The molecule has 0 saturated heterocycles.